The van der Waals surface area contributed by atoms with E-state index in [2.05, 4.69) is 10.3 Å². The molecule has 0 atom stereocenters. The molecule has 0 aliphatic heterocycles. The lowest BCUT2D eigenvalue weighted by molar-refractivity contribution is -0.138. The van der Waals surface area contributed by atoms with Gasteiger partial charge in [-0.3, -0.25) is 4.79 Å². The predicted molar refractivity (Wildman–Crippen MR) is 74.9 cm³/mol. The maximum Gasteiger partial charge on any atom is 0.416 e. The first kappa shape index (κ1) is 15.4. The number of carbonyl (C=O) groups is 1. The zero-order valence-electron chi connectivity index (χ0n) is 12.1. The second-order valence-corrected chi connectivity index (χ2v) is 5.38. The largest absolute Gasteiger partial charge is 0.416 e. The number of benzene rings is 1. The van der Waals surface area contributed by atoms with Crippen molar-refractivity contribution in [1.82, 2.24) is 10.3 Å². The topological polar surface area (TPSA) is 44.9 Å². The third kappa shape index (κ3) is 3.37. The van der Waals surface area contributed by atoms with Crippen LogP contribution in [0.3, 0.4) is 0 Å². The third-order valence-electron chi connectivity index (χ3n) is 3.30. The van der Waals surface area contributed by atoms with Gasteiger partial charge >= 0.3 is 6.18 Å². The van der Waals surface area contributed by atoms with Crippen LogP contribution in [0.2, 0.25) is 0 Å². The van der Waals surface area contributed by atoms with Crippen molar-refractivity contribution in [3.05, 3.63) is 35.0 Å². The molecule has 21 heavy (non-hydrogen) atoms. The highest BCUT2D eigenvalue weighted by Crippen LogP contribution is 2.37. The number of alkyl halides is 3. The van der Waals surface area contributed by atoms with Gasteiger partial charge in [0.2, 0.25) is 5.91 Å². The molecule has 114 valence electrons. The van der Waals surface area contributed by atoms with Crippen LogP contribution in [-0.2, 0) is 17.5 Å². The number of hydrogen-bond donors (Lipinski definition) is 2. The number of carbonyl (C=O) groups excluding carboxylic acids is 1. The van der Waals surface area contributed by atoms with Crippen LogP contribution in [0.4, 0.5) is 13.2 Å². The normalized spacial score (nSPS) is 12.1. The van der Waals surface area contributed by atoms with Crippen LogP contribution >= 0.6 is 0 Å². The molecule has 0 spiro atoms. The summed E-state index contributed by atoms with van der Waals surface area (Å²) in [6, 6.07) is 4.34. The first-order valence-electron chi connectivity index (χ1n) is 6.65. The van der Waals surface area contributed by atoms with Crippen LogP contribution < -0.4 is 5.32 Å². The van der Waals surface area contributed by atoms with E-state index < -0.39 is 11.7 Å². The monoisotopic (exact) mass is 298 g/mol. The van der Waals surface area contributed by atoms with E-state index in [9.17, 15) is 18.0 Å². The molecule has 1 aromatic carbocycles. The molecule has 6 heteroatoms. The Morgan fingerprint density at radius 1 is 1.29 bits per heavy atom. The van der Waals surface area contributed by atoms with E-state index >= 15 is 0 Å². The number of aromatic amines is 1. The Kier molecular flexibility index (Phi) is 3.98. The maximum absolute atomic E-state index is 13.1. The third-order valence-corrected chi connectivity index (χ3v) is 3.30. The second kappa shape index (κ2) is 5.42. The Labute approximate surface area is 120 Å². The summed E-state index contributed by atoms with van der Waals surface area (Å²) >= 11 is 0. The van der Waals surface area contributed by atoms with Crippen LogP contribution in [0.5, 0.6) is 0 Å². The number of nitrogens with one attached hydrogen (secondary N) is 2. The summed E-state index contributed by atoms with van der Waals surface area (Å²) in [4.78, 5) is 13.9. The number of aromatic nitrogens is 1. The molecule has 3 nitrogen and oxygen atoms in total. The average Bonchev–Trinajstić information content (AvgIpc) is 2.75. The van der Waals surface area contributed by atoms with E-state index in [0.717, 1.165) is 0 Å². The quantitative estimate of drug-likeness (QED) is 0.885. The zero-order chi connectivity index (χ0) is 15.8. The van der Waals surface area contributed by atoms with E-state index in [4.69, 9.17) is 0 Å². The molecule has 0 unspecified atom stereocenters. The van der Waals surface area contributed by atoms with Crippen molar-refractivity contribution < 1.29 is 18.0 Å². The van der Waals surface area contributed by atoms with Crippen molar-refractivity contribution in [3.63, 3.8) is 0 Å². The van der Waals surface area contributed by atoms with Crippen LogP contribution in [0.15, 0.2) is 18.2 Å². The Morgan fingerprint density at radius 2 is 1.95 bits per heavy atom. The maximum atomic E-state index is 13.1. The highest BCUT2D eigenvalue weighted by atomic mass is 19.4. The van der Waals surface area contributed by atoms with Gasteiger partial charge in [0.05, 0.1) is 12.1 Å². The summed E-state index contributed by atoms with van der Waals surface area (Å²) in [6.07, 6.45) is -4.37. The summed E-state index contributed by atoms with van der Waals surface area (Å²) in [5, 5.41) is 3.11. The molecule has 0 aliphatic rings. The van der Waals surface area contributed by atoms with E-state index in [1.807, 2.05) is 0 Å². The highest BCUT2D eigenvalue weighted by Gasteiger charge is 2.34. The van der Waals surface area contributed by atoms with Gasteiger partial charge in [0.1, 0.15) is 0 Å². The lowest BCUT2D eigenvalue weighted by Gasteiger charge is -2.15. The van der Waals surface area contributed by atoms with Crippen LogP contribution in [0.1, 0.15) is 43.5 Å². The minimum absolute atomic E-state index is 0.187. The number of halogens is 3. The molecular weight excluding hydrogens is 281 g/mol. The molecule has 0 fully saturated rings. The van der Waals surface area contributed by atoms with E-state index in [0.29, 0.717) is 16.6 Å². The number of H-pyrrole nitrogens is 1. The van der Waals surface area contributed by atoms with Gasteiger partial charge in [-0.25, -0.2) is 0 Å². The van der Waals surface area contributed by atoms with Crippen molar-refractivity contribution in [3.8, 4) is 0 Å². The highest BCUT2D eigenvalue weighted by molar-refractivity contribution is 5.83. The van der Waals surface area contributed by atoms with E-state index in [1.165, 1.54) is 13.0 Å². The van der Waals surface area contributed by atoms with Crippen molar-refractivity contribution >= 4 is 16.8 Å². The molecule has 2 aromatic rings. The first-order valence-corrected chi connectivity index (χ1v) is 6.65. The lowest BCUT2D eigenvalue weighted by atomic mass is 9.95. The summed E-state index contributed by atoms with van der Waals surface area (Å²) in [5.41, 5.74) is 0.985. The Morgan fingerprint density at radius 3 is 2.48 bits per heavy atom. The second-order valence-electron chi connectivity index (χ2n) is 5.38. The Hall–Kier alpha value is -1.98. The van der Waals surface area contributed by atoms with Gasteiger partial charge in [0.15, 0.2) is 0 Å². The van der Waals surface area contributed by atoms with Crippen molar-refractivity contribution in [1.29, 1.82) is 0 Å². The molecule has 1 amide bonds. The number of rotatable bonds is 3. The minimum Gasteiger partial charge on any atom is -0.357 e. The molecule has 0 radical (unpaired) electrons. The number of hydrogen-bond acceptors (Lipinski definition) is 1. The van der Waals surface area contributed by atoms with E-state index in [-0.39, 0.29) is 23.9 Å². The predicted octanol–water partition coefficient (Wildman–Crippen LogP) is 3.95. The van der Waals surface area contributed by atoms with Gasteiger partial charge in [-0.2, -0.15) is 13.2 Å². The van der Waals surface area contributed by atoms with Gasteiger partial charge in [-0.05, 0) is 29.7 Å². The average molecular weight is 298 g/mol. The molecule has 0 aliphatic carbocycles. The fraction of sp³-hybridized carbons (Fsp3) is 0.400. The van der Waals surface area contributed by atoms with E-state index in [1.54, 1.807) is 26.0 Å². The summed E-state index contributed by atoms with van der Waals surface area (Å²) < 4.78 is 39.4. The van der Waals surface area contributed by atoms with Crippen LogP contribution in [0.25, 0.3) is 10.9 Å². The fourth-order valence-corrected chi connectivity index (χ4v) is 2.30. The van der Waals surface area contributed by atoms with Crippen molar-refractivity contribution in [2.24, 2.45) is 0 Å². The van der Waals surface area contributed by atoms with Gasteiger partial charge in [0, 0.05) is 23.5 Å². The summed E-state index contributed by atoms with van der Waals surface area (Å²) in [5.74, 6) is -0.416. The lowest BCUT2D eigenvalue weighted by Crippen LogP contribution is -2.18. The molecule has 0 saturated heterocycles. The standard InChI is InChI=1S/C15H17F3N2O/c1-8(2)12-6-14-10(5-13(12)15(16,17)18)4-11(20-14)7-19-9(3)21/h4-6,8,20H,7H2,1-3H3,(H,19,21). The van der Waals surface area contributed by atoms with Crippen LogP contribution in [-0.4, -0.2) is 10.9 Å². The Balaban J connectivity index is 2.49. The molecule has 2 rings (SSSR count). The molecule has 1 heterocycles. The first-order chi connectivity index (χ1) is 9.68. The number of fused-ring (bicyclic) bond motifs is 1. The summed E-state index contributed by atoms with van der Waals surface area (Å²) in [7, 11) is 0. The SMILES string of the molecule is CC(=O)NCc1cc2cc(C(F)(F)F)c(C(C)C)cc2[nH]1. The zero-order valence-corrected chi connectivity index (χ0v) is 12.1. The van der Waals surface area contributed by atoms with Crippen LogP contribution in [0, 0.1) is 0 Å². The van der Waals surface area contributed by atoms with Gasteiger partial charge in [0.25, 0.3) is 0 Å². The fourth-order valence-electron chi connectivity index (χ4n) is 2.30. The van der Waals surface area contributed by atoms with Gasteiger partial charge in [-0.1, -0.05) is 13.8 Å². The molecular formula is C15H17F3N2O. The van der Waals surface area contributed by atoms with Crippen molar-refractivity contribution in [2.75, 3.05) is 0 Å². The molecule has 2 N–H and O–H groups in total. The van der Waals surface area contributed by atoms with Gasteiger partial charge < -0.3 is 10.3 Å². The Bertz CT molecular complexity index is 671. The molecule has 0 saturated carbocycles. The molecule has 1 aromatic heterocycles. The molecule has 0 bridgehead atoms. The van der Waals surface area contributed by atoms with Gasteiger partial charge in [-0.15, -0.1) is 0 Å². The smallest absolute Gasteiger partial charge is 0.357 e. The number of amides is 1. The van der Waals surface area contributed by atoms with Crippen molar-refractivity contribution in [2.45, 2.75) is 39.4 Å². The minimum atomic E-state index is -4.37. The summed E-state index contributed by atoms with van der Waals surface area (Å²) in [6.45, 7) is 5.12.